The molecule has 0 radical (unpaired) electrons. The third kappa shape index (κ3) is 2.98. The molecule has 0 saturated heterocycles. The Bertz CT molecular complexity index is 531. The van der Waals surface area contributed by atoms with Gasteiger partial charge in [-0.25, -0.2) is 4.39 Å². The fraction of sp³-hybridized carbons (Fsp3) is 0.214. The SMILES string of the molecule is CC(c1ccccn1)C(Br)c1cc(F)ccc1Br. The van der Waals surface area contributed by atoms with Gasteiger partial charge in [-0.1, -0.05) is 44.8 Å². The van der Waals surface area contributed by atoms with Gasteiger partial charge < -0.3 is 0 Å². The van der Waals surface area contributed by atoms with Crippen molar-refractivity contribution in [2.45, 2.75) is 17.7 Å². The van der Waals surface area contributed by atoms with Crippen LogP contribution >= 0.6 is 31.9 Å². The summed E-state index contributed by atoms with van der Waals surface area (Å²) in [5.74, 6) is -0.0739. The zero-order valence-corrected chi connectivity index (χ0v) is 12.9. The summed E-state index contributed by atoms with van der Waals surface area (Å²) in [5, 5.41) is 0. The van der Waals surface area contributed by atoms with Crippen LogP contribution in [0, 0.1) is 5.82 Å². The summed E-state index contributed by atoms with van der Waals surface area (Å²) in [5.41, 5.74) is 1.88. The van der Waals surface area contributed by atoms with E-state index in [2.05, 4.69) is 43.8 Å². The normalized spacial score (nSPS) is 14.2. The van der Waals surface area contributed by atoms with Gasteiger partial charge in [-0.15, -0.1) is 0 Å². The van der Waals surface area contributed by atoms with Gasteiger partial charge in [0.05, 0.1) is 0 Å². The molecule has 0 fully saturated rings. The average molecular weight is 373 g/mol. The molecular formula is C14H12Br2FN. The van der Waals surface area contributed by atoms with Gasteiger partial charge in [0.1, 0.15) is 5.82 Å². The van der Waals surface area contributed by atoms with Crippen LogP contribution < -0.4 is 0 Å². The quantitative estimate of drug-likeness (QED) is 0.673. The molecule has 0 bridgehead atoms. The Morgan fingerprint density at radius 3 is 2.67 bits per heavy atom. The number of alkyl halides is 1. The van der Waals surface area contributed by atoms with Gasteiger partial charge in [0.25, 0.3) is 0 Å². The zero-order chi connectivity index (χ0) is 13.1. The van der Waals surface area contributed by atoms with Crippen LogP contribution in [0.5, 0.6) is 0 Å². The molecule has 0 spiro atoms. The van der Waals surface area contributed by atoms with E-state index in [0.29, 0.717) is 0 Å². The van der Waals surface area contributed by atoms with Crippen molar-refractivity contribution in [1.29, 1.82) is 0 Å². The Balaban J connectivity index is 2.31. The van der Waals surface area contributed by atoms with Crippen molar-refractivity contribution in [2.75, 3.05) is 0 Å². The number of benzene rings is 1. The van der Waals surface area contributed by atoms with E-state index in [0.717, 1.165) is 15.7 Å². The molecule has 2 atom stereocenters. The van der Waals surface area contributed by atoms with Crippen molar-refractivity contribution in [1.82, 2.24) is 4.98 Å². The number of nitrogens with zero attached hydrogens (tertiary/aromatic N) is 1. The molecule has 1 aromatic carbocycles. The molecule has 0 saturated carbocycles. The first-order chi connectivity index (χ1) is 8.59. The molecule has 94 valence electrons. The molecule has 4 heteroatoms. The van der Waals surface area contributed by atoms with Crippen LogP contribution in [0.2, 0.25) is 0 Å². The van der Waals surface area contributed by atoms with Crippen LogP contribution in [0.25, 0.3) is 0 Å². The van der Waals surface area contributed by atoms with Crippen LogP contribution in [-0.2, 0) is 0 Å². The smallest absolute Gasteiger partial charge is 0.123 e. The molecule has 2 aromatic rings. The van der Waals surface area contributed by atoms with Gasteiger partial charge in [0, 0.05) is 27.1 Å². The van der Waals surface area contributed by atoms with Gasteiger partial charge in [-0.05, 0) is 35.9 Å². The summed E-state index contributed by atoms with van der Waals surface area (Å²) < 4.78 is 14.2. The second-order valence-electron chi connectivity index (χ2n) is 4.11. The maximum Gasteiger partial charge on any atom is 0.123 e. The highest BCUT2D eigenvalue weighted by Gasteiger charge is 2.21. The largest absolute Gasteiger partial charge is 0.261 e. The minimum absolute atomic E-state index is 0.0116. The molecule has 1 heterocycles. The highest BCUT2D eigenvalue weighted by molar-refractivity contribution is 9.11. The summed E-state index contributed by atoms with van der Waals surface area (Å²) >= 11 is 7.09. The van der Waals surface area contributed by atoms with Crippen LogP contribution in [0.15, 0.2) is 47.1 Å². The molecule has 2 rings (SSSR count). The fourth-order valence-electron chi connectivity index (χ4n) is 1.79. The summed E-state index contributed by atoms with van der Waals surface area (Å²) in [4.78, 5) is 4.35. The Morgan fingerprint density at radius 1 is 1.22 bits per heavy atom. The molecule has 0 aliphatic carbocycles. The first-order valence-corrected chi connectivity index (χ1v) is 7.30. The van der Waals surface area contributed by atoms with Crippen LogP contribution in [0.4, 0.5) is 4.39 Å². The van der Waals surface area contributed by atoms with Crippen molar-refractivity contribution in [3.8, 4) is 0 Å². The fourth-order valence-corrected chi connectivity index (χ4v) is 3.24. The molecule has 0 aliphatic rings. The first-order valence-electron chi connectivity index (χ1n) is 5.59. The highest BCUT2D eigenvalue weighted by atomic mass is 79.9. The maximum absolute atomic E-state index is 13.3. The van der Waals surface area contributed by atoms with Gasteiger partial charge >= 0.3 is 0 Å². The lowest BCUT2D eigenvalue weighted by Crippen LogP contribution is -2.05. The van der Waals surface area contributed by atoms with E-state index in [-0.39, 0.29) is 16.6 Å². The number of hydrogen-bond acceptors (Lipinski definition) is 1. The van der Waals surface area contributed by atoms with E-state index in [1.165, 1.54) is 6.07 Å². The minimum Gasteiger partial charge on any atom is -0.261 e. The Kier molecular flexibility index (Phi) is 4.51. The van der Waals surface area contributed by atoms with E-state index in [4.69, 9.17) is 0 Å². The van der Waals surface area contributed by atoms with Crippen LogP contribution in [-0.4, -0.2) is 4.98 Å². The predicted octanol–water partition coefficient (Wildman–Crippen LogP) is 5.22. The highest BCUT2D eigenvalue weighted by Crippen LogP contribution is 2.40. The van der Waals surface area contributed by atoms with E-state index in [1.807, 2.05) is 18.2 Å². The van der Waals surface area contributed by atoms with Crippen molar-refractivity contribution in [2.24, 2.45) is 0 Å². The Labute approximate surface area is 123 Å². The Morgan fingerprint density at radius 2 is 2.00 bits per heavy atom. The molecule has 1 aromatic heterocycles. The number of aromatic nitrogens is 1. The second-order valence-corrected chi connectivity index (χ2v) is 5.95. The summed E-state index contributed by atoms with van der Waals surface area (Å²) in [7, 11) is 0. The topological polar surface area (TPSA) is 12.9 Å². The third-order valence-corrected chi connectivity index (χ3v) is 4.86. The standard InChI is InChI=1S/C14H12Br2FN/c1-9(13-4-2-3-7-18-13)14(16)11-8-10(17)5-6-12(11)15/h2-9,14H,1H3. The van der Waals surface area contributed by atoms with Gasteiger partial charge in [0.2, 0.25) is 0 Å². The molecule has 0 N–H and O–H groups in total. The van der Waals surface area contributed by atoms with Crippen molar-refractivity contribution in [3.63, 3.8) is 0 Å². The molecule has 18 heavy (non-hydrogen) atoms. The van der Waals surface area contributed by atoms with Crippen molar-refractivity contribution in [3.05, 3.63) is 64.1 Å². The Hall–Kier alpha value is -0.740. The maximum atomic E-state index is 13.3. The first kappa shape index (κ1) is 13.7. The average Bonchev–Trinajstić information content (AvgIpc) is 2.41. The molecular weight excluding hydrogens is 361 g/mol. The molecule has 0 aliphatic heterocycles. The lowest BCUT2D eigenvalue weighted by Gasteiger charge is -2.19. The zero-order valence-electron chi connectivity index (χ0n) is 9.78. The summed E-state index contributed by atoms with van der Waals surface area (Å²) in [6.45, 7) is 2.07. The monoisotopic (exact) mass is 371 g/mol. The molecule has 0 amide bonds. The van der Waals surface area contributed by atoms with Gasteiger partial charge in [0.15, 0.2) is 0 Å². The summed E-state index contributed by atoms with van der Waals surface area (Å²) in [6, 6.07) is 10.5. The predicted molar refractivity (Wildman–Crippen MR) is 78.4 cm³/mol. The molecule has 1 nitrogen and oxygen atoms in total. The lowest BCUT2D eigenvalue weighted by atomic mass is 9.97. The van der Waals surface area contributed by atoms with Crippen LogP contribution in [0.1, 0.15) is 28.9 Å². The van der Waals surface area contributed by atoms with Crippen molar-refractivity contribution < 1.29 is 4.39 Å². The molecule has 2 unspecified atom stereocenters. The lowest BCUT2D eigenvalue weighted by molar-refractivity contribution is 0.621. The minimum atomic E-state index is -0.231. The van der Waals surface area contributed by atoms with Crippen molar-refractivity contribution >= 4 is 31.9 Å². The second kappa shape index (κ2) is 5.93. The van der Waals surface area contributed by atoms with E-state index >= 15 is 0 Å². The van der Waals surface area contributed by atoms with E-state index in [1.54, 1.807) is 18.3 Å². The number of halogens is 3. The number of hydrogen-bond donors (Lipinski definition) is 0. The van der Waals surface area contributed by atoms with E-state index < -0.39 is 0 Å². The third-order valence-electron chi connectivity index (χ3n) is 2.85. The number of pyridine rings is 1. The number of rotatable bonds is 3. The van der Waals surface area contributed by atoms with E-state index in [9.17, 15) is 4.39 Å². The van der Waals surface area contributed by atoms with Gasteiger partial charge in [-0.3, -0.25) is 4.98 Å². The van der Waals surface area contributed by atoms with Gasteiger partial charge in [-0.2, -0.15) is 0 Å². The summed E-state index contributed by atoms with van der Waals surface area (Å²) in [6.07, 6.45) is 1.77. The van der Waals surface area contributed by atoms with Crippen LogP contribution in [0.3, 0.4) is 0 Å².